The summed E-state index contributed by atoms with van der Waals surface area (Å²) in [6.45, 7) is 3.17. The highest BCUT2D eigenvalue weighted by molar-refractivity contribution is 6.23. The fraction of sp³-hybridized carbons (Fsp3) is 0.238. The molecule has 0 aliphatic carbocycles. The molecule has 7 nitrogen and oxygen atoms in total. The lowest BCUT2D eigenvalue weighted by Gasteiger charge is -2.18. The van der Waals surface area contributed by atoms with Gasteiger partial charge in [0, 0.05) is 0 Å². The highest BCUT2D eigenvalue weighted by atomic mass is 16.5. The van der Waals surface area contributed by atoms with Crippen molar-refractivity contribution in [1.29, 1.82) is 5.41 Å². The smallest absolute Gasteiger partial charge is 0.145 e. The molecule has 0 radical (unpaired) electrons. The van der Waals surface area contributed by atoms with Crippen molar-refractivity contribution in [2.24, 2.45) is 0 Å². The van der Waals surface area contributed by atoms with E-state index in [2.05, 4.69) is 9.97 Å². The number of hydrogen-bond acceptors (Lipinski definition) is 5. The SMILES string of the molecule is COc1ccc(OCCN2CC(O)=C(c3nc4ccc(C)cc4[nH]3)C2=N)cc1. The summed E-state index contributed by atoms with van der Waals surface area (Å²) in [5.41, 5.74) is 3.28. The highest BCUT2D eigenvalue weighted by Gasteiger charge is 2.30. The maximum atomic E-state index is 10.4. The molecule has 28 heavy (non-hydrogen) atoms. The standard InChI is InChI=1S/C21H22N4O3/c1-13-3-8-16-17(11-13)24-21(23-16)19-18(26)12-25(20(19)22)9-10-28-15-6-4-14(27-2)5-7-15/h3-8,11,22,26H,9-10,12H2,1-2H3,(H,23,24). The van der Waals surface area contributed by atoms with Gasteiger partial charge in [-0.1, -0.05) is 6.07 Å². The number of rotatable bonds is 6. The highest BCUT2D eigenvalue weighted by Crippen LogP contribution is 2.27. The van der Waals surface area contributed by atoms with Crippen molar-refractivity contribution in [1.82, 2.24) is 14.9 Å². The van der Waals surface area contributed by atoms with Crippen molar-refractivity contribution in [2.75, 3.05) is 26.8 Å². The van der Waals surface area contributed by atoms with Crippen molar-refractivity contribution >= 4 is 22.4 Å². The number of aromatic nitrogens is 2. The summed E-state index contributed by atoms with van der Waals surface area (Å²) in [5, 5.41) is 18.9. The number of H-pyrrole nitrogens is 1. The van der Waals surface area contributed by atoms with Gasteiger partial charge in [-0.2, -0.15) is 0 Å². The van der Waals surface area contributed by atoms with Gasteiger partial charge in [-0.25, -0.2) is 4.98 Å². The predicted molar refractivity (Wildman–Crippen MR) is 108 cm³/mol. The fourth-order valence-corrected chi connectivity index (χ4v) is 3.26. The number of aliphatic hydroxyl groups is 1. The van der Waals surface area contributed by atoms with Crippen molar-refractivity contribution in [3.8, 4) is 11.5 Å². The Morgan fingerprint density at radius 1 is 1.18 bits per heavy atom. The Morgan fingerprint density at radius 3 is 2.68 bits per heavy atom. The first-order valence-corrected chi connectivity index (χ1v) is 9.05. The van der Waals surface area contributed by atoms with Crippen LogP contribution in [0.4, 0.5) is 0 Å². The lowest BCUT2D eigenvalue weighted by molar-refractivity contribution is 0.265. The minimum Gasteiger partial charge on any atom is -0.510 e. The van der Waals surface area contributed by atoms with Crippen molar-refractivity contribution in [3.05, 3.63) is 59.6 Å². The van der Waals surface area contributed by atoms with Gasteiger partial charge in [-0.15, -0.1) is 0 Å². The van der Waals surface area contributed by atoms with Crippen LogP contribution in [0.1, 0.15) is 11.4 Å². The van der Waals surface area contributed by atoms with E-state index in [1.165, 1.54) is 0 Å². The number of methoxy groups -OCH3 is 1. The van der Waals surface area contributed by atoms with Gasteiger partial charge < -0.3 is 24.5 Å². The average molecular weight is 378 g/mol. The molecule has 0 spiro atoms. The summed E-state index contributed by atoms with van der Waals surface area (Å²) in [6.07, 6.45) is 0. The lowest BCUT2D eigenvalue weighted by Crippen LogP contribution is -2.31. The number of ether oxygens (including phenoxy) is 2. The molecule has 0 fully saturated rings. The summed E-state index contributed by atoms with van der Waals surface area (Å²) in [7, 11) is 1.62. The lowest BCUT2D eigenvalue weighted by atomic mass is 10.2. The Kier molecular flexibility index (Phi) is 4.65. The molecule has 3 aromatic rings. The molecule has 2 aromatic carbocycles. The van der Waals surface area contributed by atoms with Gasteiger partial charge in [0.2, 0.25) is 0 Å². The fourth-order valence-electron chi connectivity index (χ4n) is 3.26. The van der Waals surface area contributed by atoms with Gasteiger partial charge in [-0.05, 0) is 48.9 Å². The van der Waals surface area contributed by atoms with Gasteiger partial charge in [-0.3, -0.25) is 5.41 Å². The molecule has 4 rings (SSSR count). The second kappa shape index (κ2) is 7.26. The predicted octanol–water partition coefficient (Wildman–Crippen LogP) is 3.52. The number of aliphatic hydroxyl groups excluding tert-OH is 1. The van der Waals surface area contributed by atoms with E-state index < -0.39 is 0 Å². The molecule has 1 aliphatic heterocycles. The number of nitrogens with one attached hydrogen (secondary N) is 2. The van der Waals surface area contributed by atoms with Crippen molar-refractivity contribution in [2.45, 2.75) is 6.92 Å². The molecule has 0 saturated heterocycles. The summed E-state index contributed by atoms with van der Waals surface area (Å²) < 4.78 is 10.9. The van der Waals surface area contributed by atoms with E-state index in [-0.39, 0.29) is 18.1 Å². The van der Waals surface area contributed by atoms with E-state index in [1.54, 1.807) is 12.0 Å². The molecule has 0 bridgehead atoms. The number of imidazole rings is 1. The zero-order valence-electron chi connectivity index (χ0n) is 15.8. The number of benzene rings is 2. The number of aromatic amines is 1. The number of hydrogen-bond donors (Lipinski definition) is 3. The van der Waals surface area contributed by atoms with Crippen molar-refractivity contribution < 1.29 is 14.6 Å². The Hall–Kier alpha value is -3.48. The third kappa shape index (κ3) is 3.38. The molecule has 3 N–H and O–H groups in total. The monoisotopic (exact) mass is 378 g/mol. The summed E-state index contributed by atoms with van der Waals surface area (Å²) >= 11 is 0. The van der Waals surface area contributed by atoms with Crippen LogP contribution in [0.15, 0.2) is 48.2 Å². The average Bonchev–Trinajstić information content (AvgIpc) is 3.22. The summed E-state index contributed by atoms with van der Waals surface area (Å²) in [4.78, 5) is 9.51. The second-order valence-corrected chi connectivity index (χ2v) is 6.72. The molecule has 144 valence electrons. The zero-order valence-corrected chi connectivity index (χ0v) is 15.8. The Bertz CT molecular complexity index is 1050. The first-order chi connectivity index (χ1) is 13.5. The summed E-state index contributed by atoms with van der Waals surface area (Å²) in [5.74, 6) is 2.41. The Labute approximate surface area is 162 Å². The van der Waals surface area contributed by atoms with Crippen LogP contribution in [0, 0.1) is 12.3 Å². The van der Waals surface area contributed by atoms with Crippen LogP contribution in [0.25, 0.3) is 16.6 Å². The van der Waals surface area contributed by atoms with Crippen LogP contribution in [0.3, 0.4) is 0 Å². The maximum absolute atomic E-state index is 10.4. The van der Waals surface area contributed by atoms with Gasteiger partial charge in [0.1, 0.15) is 35.5 Å². The van der Waals surface area contributed by atoms with E-state index >= 15 is 0 Å². The van der Waals surface area contributed by atoms with E-state index in [0.717, 1.165) is 28.1 Å². The number of aryl methyl sites for hydroxylation is 1. The van der Waals surface area contributed by atoms with Gasteiger partial charge in [0.05, 0.1) is 36.8 Å². The third-order valence-electron chi connectivity index (χ3n) is 4.75. The Morgan fingerprint density at radius 2 is 1.93 bits per heavy atom. The molecule has 0 unspecified atom stereocenters. The van der Waals surface area contributed by atoms with E-state index in [4.69, 9.17) is 14.9 Å². The second-order valence-electron chi connectivity index (χ2n) is 6.72. The molecule has 0 saturated carbocycles. The molecular weight excluding hydrogens is 356 g/mol. The normalized spacial score (nSPS) is 14.2. The minimum absolute atomic E-state index is 0.144. The zero-order chi connectivity index (χ0) is 19.7. The third-order valence-corrected chi connectivity index (χ3v) is 4.75. The maximum Gasteiger partial charge on any atom is 0.145 e. The quantitative estimate of drug-likeness (QED) is 0.610. The van der Waals surface area contributed by atoms with E-state index in [1.807, 2.05) is 49.4 Å². The molecule has 7 heteroatoms. The molecule has 1 aromatic heterocycles. The van der Waals surface area contributed by atoms with Gasteiger partial charge in [0.15, 0.2) is 0 Å². The summed E-state index contributed by atoms with van der Waals surface area (Å²) in [6, 6.07) is 13.3. The van der Waals surface area contributed by atoms with E-state index in [0.29, 0.717) is 24.5 Å². The van der Waals surface area contributed by atoms with E-state index in [9.17, 15) is 5.11 Å². The van der Waals surface area contributed by atoms with Crippen LogP contribution in [-0.4, -0.2) is 52.6 Å². The minimum atomic E-state index is 0.144. The molecule has 2 heterocycles. The molecule has 1 aliphatic rings. The van der Waals surface area contributed by atoms with Crippen molar-refractivity contribution in [3.63, 3.8) is 0 Å². The van der Waals surface area contributed by atoms with Crippen LogP contribution in [0.2, 0.25) is 0 Å². The number of amidine groups is 1. The van der Waals surface area contributed by atoms with Gasteiger partial charge >= 0.3 is 0 Å². The first-order valence-electron chi connectivity index (χ1n) is 9.05. The number of fused-ring (bicyclic) bond motifs is 1. The first kappa shape index (κ1) is 17.9. The Balaban J connectivity index is 1.42. The largest absolute Gasteiger partial charge is 0.510 e. The molecule has 0 amide bonds. The van der Waals surface area contributed by atoms with Crippen LogP contribution in [0.5, 0.6) is 11.5 Å². The number of nitrogens with zero attached hydrogens (tertiary/aromatic N) is 2. The molecule has 0 atom stereocenters. The molecular formula is C21H22N4O3. The van der Waals surface area contributed by atoms with Crippen LogP contribution in [-0.2, 0) is 0 Å². The van der Waals surface area contributed by atoms with Gasteiger partial charge in [0.25, 0.3) is 0 Å². The van der Waals surface area contributed by atoms with Crippen LogP contribution < -0.4 is 9.47 Å². The topological polar surface area (TPSA) is 94.5 Å². The van der Waals surface area contributed by atoms with Crippen LogP contribution >= 0.6 is 0 Å².